The fourth-order valence-corrected chi connectivity index (χ4v) is 1.78. The van der Waals surface area contributed by atoms with Gasteiger partial charge in [0.05, 0.1) is 0 Å². The Bertz CT molecular complexity index is 139. The Morgan fingerprint density at radius 3 is 1.31 bits per heavy atom. The number of hydrogen-bond acceptors (Lipinski definition) is 2. The van der Waals surface area contributed by atoms with Crippen LogP contribution in [0.3, 0.4) is 0 Å². The van der Waals surface area contributed by atoms with Crippen LogP contribution in [-0.2, 0) is 0 Å². The fraction of sp³-hybridized carbons (Fsp3) is 1.00. The third-order valence-electron chi connectivity index (χ3n) is 2.34. The van der Waals surface area contributed by atoms with Crippen molar-refractivity contribution in [2.75, 3.05) is 0 Å². The zero-order valence-corrected chi connectivity index (χ0v) is 10.1. The summed E-state index contributed by atoms with van der Waals surface area (Å²) in [6.07, 6.45) is 0. The lowest BCUT2D eigenvalue weighted by atomic mass is 9.90. The lowest BCUT2D eigenvalue weighted by Crippen LogP contribution is -2.50. The molecule has 0 rings (SSSR count). The predicted octanol–water partition coefficient (Wildman–Crippen LogP) is 3.16. The number of nitrogens with zero attached hydrogens (tertiary/aromatic N) is 1. The third kappa shape index (κ3) is 3.65. The summed E-state index contributed by atoms with van der Waals surface area (Å²) >= 11 is 0. The first-order valence-electron chi connectivity index (χ1n) is 5.16. The summed E-state index contributed by atoms with van der Waals surface area (Å²) in [5.41, 5.74) is -0.167. The van der Waals surface area contributed by atoms with E-state index in [-0.39, 0.29) is 11.6 Å². The van der Waals surface area contributed by atoms with Gasteiger partial charge in [0.2, 0.25) is 0 Å². The summed E-state index contributed by atoms with van der Waals surface area (Å²) in [7, 11) is 0. The zero-order chi connectivity index (χ0) is 10.8. The molecule has 0 aromatic carbocycles. The van der Waals surface area contributed by atoms with Gasteiger partial charge in [-0.3, -0.25) is 0 Å². The summed E-state index contributed by atoms with van der Waals surface area (Å²) < 4.78 is 0. The summed E-state index contributed by atoms with van der Waals surface area (Å²) in [5, 5.41) is 11.5. The smallest absolute Gasteiger partial charge is 0.0402 e. The maximum atomic E-state index is 10.0. The molecular formula is C11H25NO. The Kier molecular flexibility index (Phi) is 4.40. The molecule has 0 amide bonds. The van der Waals surface area contributed by atoms with E-state index in [1.165, 1.54) is 5.06 Å². The largest absolute Gasteiger partial charge is 0.313 e. The van der Waals surface area contributed by atoms with E-state index in [0.29, 0.717) is 11.8 Å². The highest BCUT2D eigenvalue weighted by Gasteiger charge is 2.31. The zero-order valence-electron chi connectivity index (χ0n) is 10.1. The van der Waals surface area contributed by atoms with Gasteiger partial charge in [0.1, 0.15) is 0 Å². The quantitative estimate of drug-likeness (QED) is 0.686. The van der Waals surface area contributed by atoms with Crippen molar-refractivity contribution in [3.05, 3.63) is 0 Å². The standard InChI is InChI=1S/C11H25NO/c1-8(2)10(9(3)4)12(13)11(5,6)7/h8-10,13H,1-7H3. The highest BCUT2D eigenvalue weighted by atomic mass is 16.5. The van der Waals surface area contributed by atoms with Crippen LogP contribution in [0.15, 0.2) is 0 Å². The van der Waals surface area contributed by atoms with Gasteiger partial charge in [-0.15, -0.1) is 0 Å². The molecule has 1 N–H and O–H groups in total. The summed E-state index contributed by atoms with van der Waals surface area (Å²) in [6.45, 7) is 14.7. The number of rotatable bonds is 3. The monoisotopic (exact) mass is 187 g/mol. The topological polar surface area (TPSA) is 23.5 Å². The molecule has 0 radical (unpaired) electrons. The molecular weight excluding hydrogens is 162 g/mol. The van der Waals surface area contributed by atoms with E-state index in [9.17, 15) is 5.21 Å². The van der Waals surface area contributed by atoms with Crippen molar-refractivity contribution < 1.29 is 5.21 Å². The molecule has 0 aromatic heterocycles. The number of hydrogen-bond donors (Lipinski definition) is 1. The summed E-state index contributed by atoms with van der Waals surface area (Å²) in [5.74, 6) is 0.952. The van der Waals surface area contributed by atoms with E-state index < -0.39 is 0 Å². The van der Waals surface area contributed by atoms with E-state index in [2.05, 4.69) is 27.7 Å². The molecule has 0 atom stereocenters. The van der Waals surface area contributed by atoms with Crippen LogP contribution in [0.5, 0.6) is 0 Å². The van der Waals surface area contributed by atoms with Crippen LogP contribution in [0.25, 0.3) is 0 Å². The Morgan fingerprint density at radius 1 is 0.923 bits per heavy atom. The Balaban J connectivity index is 4.56. The van der Waals surface area contributed by atoms with Gasteiger partial charge >= 0.3 is 0 Å². The molecule has 0 saturated carbocycles. The molecule has 0 aromatic rings. The molecule has 0 fully saturated rings. The van der Waals surface area contributed by atoms with Crippen LogP contribution in [0.2, 0.25) is 0 Å². The van der Waals surface area contributed by atoms with Crippen molar-refractivity contribution >= 4 is 0 Å². The van der Waals surface area contributed by atoms with Crippen LogP contribution >= 0.6 is 0 Å². The first-order valence-corrected chi connectivity index (χ1v) is 5.16. The summed E-state index contributed by atoms with van der Waals surface area (Å²) in [6, 6.07) is 0.236. The van der Waals surface area contributed by atoms with E-state index in [4.69, 9.17) is 0 Å². The SMILES string of the molecule is CC(C)C(C(C)C)N(O)C(C)(C)C. The van der Waals surface area contributed by atoms with Crippen LogP contribution in [0.1, 0.15) is 48.5 Å². The second kappa shape index (κ2) is 4.43. The molecule has 0 bridgehead atoms. The molecule has 80 valence electrons. The van der Waals surface area contributed by atoms with Crippen molar-refractivity contribution in [2.45, 2.75) is 60.0 Å². The molecule has 0 aliphatic heterocycles. The molecule has 2 heteroatoms. The van der Waals surface area contributed by atoms with Gasteiger partial charge < -0.3 is 5.21 Å². The normalized spacial score (nSPS) is 13.8. The highest BCUT2D eigenvalue weighted by Crippen LogP contribution is 2.24. The van der Waals surface area contributed by atoms with Crippen molar-refractivity contribution in [3.8, 4) is 0 Å². The molecule has 0 spiro atoms. The minimum absolute atomic E-state index is 0.167. The maximum Gasteiger partial charge on any atom is 0.0402 e. The van der Waals surface area contributed by atoms with Crippen molar-refractivity contribution in [3.63, 3.8) is 0 Å². The fourth-order valence-electron chi connectivity index (χ4n) is 1.78. The Morgan fingerprint density at radius 2 is 1.23 bits per heavy atom. The molecule has 13 heavy (non-hydrogen) atoms. The van der Waals surface area contributed by atoms with E-state index in [1.807, 2.05) is 20.8 Å². The van der Waals surface area contributed by atoms with E-state index >= 15 is 0 Å². The van der Waals surface area contributed by atoms with Crippen molar-refractivity contribution in [1.82, 2.24) is 5.06 Å². The van der Waals surface area contributed by atoms with Crippen LogP contribution in [-0.4, -0.2) is 21.9 Å². The first-order chi connectivity index (χ1) is 5.68. The van der Waals surface area contributed by atoms with Gasteiger partial charge in [-0.1, -0.05) is 27.7 Å². The average Bonchev–Trinajstić information content (AvgIpc) is 1.82. The number of hydroxylamine groups is 2. The summed E-state index contributed by atoms with van der Waals surface area (Å²) in [4.78, 5) is 0. The van der Waals surface area contributed by atoms with Gasteiger partial charge in [-0.2, -0.15) is 5.06 Å². The Hall–Kier alpha value is -0.0800. The Labute approximate surface area is 82.9 Å². The average molecular weight is 187 g/mol. The second-order valence-electron chi connectivity index (χ2n) is 5.49. The molecule has 2 nitrogen and oxygen atoms in total. The minimum Gasteiger partial charge on any atom is -0.313 e. The van der Waals surface area contributed by atoms with Crippen molar-refractivity contribution in [1.29, 1.82) is 0 Å². The van der Waals surface area contributed by atoms with Gasteiger partial charge in [0.15, 0.2) is 0 Å². The van der Waals surface area contributed by atoms with E-state index in [1.54, 1.807) is 0 Å². The molecule has 0 saturated heterocycles. The van der Waals surface area contributed by atoms with Crippen molar-refractivity contribution in [2.24, 2.45) is 11.8 Å². The van der Waals surface area contributed by atoms with Gasteiger partial charge in [0, 0.05) is 11.6 Å². The molecule has 0 aliphatic rings. The second-order valence-corrected chi connectivity index (χ2v) is 5.49. The van der Waals surface area contributed by atoms with Crippen LogP contribution in [0.4, 0.5) is 0 Å². The lowest BCUT2D eigenvalue weighted by Gasteiger charge is -2.40. The first kappa shape index (κ1) is 12.9. The van der Waals surface area contributed by atoms with Gasteiger partial charge in [-0.25, -0.2) is 0 Å². The molecule has 0 heterocycles. The van der Waals surface area contributed by atoms with Crippen LogP contribution in [0, 0.1) is 11.8 Å². The van der Waals surface area contributed by atoms with Crippen LogP contribution < -0.4 is 0 Å². The van der Waals surface area contributed by atoms with Gasteiger partial charge in [-0.05, 0) is 32.6 Å². The van der Waals surface area contributed by atoms with Gasteiger partial charge in [0.25, 0.3) is 0 Å². The maximum absolute atomic E-state index is 10.0. The molecule has 0 aliphatic carbocycles. The third-order valence-corrected chi connectivity index (χ3v) is 2.34. The minimum atomic E-state index is -0.167. The highest BCUT2D eigenvalue weighted by molar-refractivity contribution is 4.80. The predicted molar refractivity (Wildman–Crippen MR) is 56.8 cm³/mol. The van der Waals surface area contributed by atoms with E-state index in [0.717, 1.165) is 0 Å². The molecule has 0 unspecified atom stereocenters. The lowest BCUT2D eigenvalue weighted by molar-refractivity contribution is -0.206.